The number of carbonyl (C=O) groups is 1. The Kier molecular flexibility index (Phi) is 6.15. The Morgan fingerprint density at radius 1 is 1.11 bits per heavy atom. The lowest BCUT2D eigenvalue weighted by Gasteiger charge is -2.24. The van der Waals surface area contributed by atoms with E-state index >= 15 is 0 Å². The topological polar surface area (TPSA) is 84.5 Å². The highest BCUT2D eigenvalue weighted by Gasteiger charge is 2.20. The third-order valence-corrected chi connectivity index (χ3v) is 5.83. The van der Waals surface area contributed by atoms with Crippen LogP contribution in [0.1, 0.15) is 43.1 Å². The van der Waals surface area contributed by atoms with Gasteiger partial charge in [-0.1, -0.05) is 13.0 Å². The summed E-state index contributed by atoms with van der Waals surface area (Å²) in [4.78, 5) is 12.6. The second-order valence-corrected chi connectivity index (χ2v) is 8.68. The Balaban J connectivity index is 2.28. The molecule has 1 amide bonds. The molecule has 2 aromatic rings. The lowest BCUT2D eigenvalue weighted by molar-refractivity contribution is 0.0911. The number of rotatable bonds is 7. The van der Waals surface area contributed by atoms with Gasteiger partial charge in [-0.2, -0.15) is 0 Å². The Hall–Kier alpha value is -2.54. The highest BCUT2D eigenvalue weighted by Crippen LogP contribution is 2.23. The van der Waals surface area contributed by atoms with Gasteiger partial charge in [0.25, 0.3) is 15.9 Å². The van der Waals surface area contributed by atoms with Gasteiger partial charge in [-0.15, -0.1) is 0 Å². The van der Waals surface area contributed by atoms with Crippen molar-refractivity contribution < 1.29 is 17.9 Å². The molecular weight excluding hydrogens is 364 g/mol. The smallest absolute Gasteiger partial charge is 0.261 e. The summed E-state index contributed by atoms with van der Waals surface area (Å²) < 4.78 is 32.9. The zero-order valence-corrected chi connectivity index (χ0v) is 17.1. The maximum Gasteiger partial charge on any atom is 0.261 e. The lowest BCUT2D eigenvalue weighted by atomic mass is 10.0. The first kappa shape index (κ1) is 20.8. The molecule has 0 heterocycles. The molecule has 0 fully saturated rings. The van der Waals surface area contributed by atoms with E-state index in [0.29, 0.717) is 17.0 Å². The van der Waals surface area contributed by atoms with Crippen LogP contribution in [0, 0.1) is 6.92 Å². The number of hydrogen-bond donors (Lipinski definition) is 2. The number of aryl methyl sites for hydroxylation is 1. The van der Waals surface area contributed by atoms with Crippen LogP contribution < -0.4 is 14.8 Å². The maximum absolute atomic E-state index is 12.7. The van der Waals surface area contributed by atoms with Gasteiger partial charge in [0, 0.05) is 11.1 Å². The van der Waals surface area contributed by atoms with Gasteiger partial charge < -0.3 is 10.1 Å². The van der Waals surface area contributed by atoms with Crippen molar-refractivity contribution in [3.63, 3.8) is 0 Å². The van der Waals surface area contributed by atoms with Crippen molar-refractivity contribution in [2.24, 2.45) is 0 Å². The van der Waals surface area contributed by atoms with Crippen LogP contribution in [0.15, 0.2) is 47.4 Å². The van der Waals surface area contributed by atoms with Crippen molar-refractivity contribution >= 4 is 21.6 Å². The van der Waals surface area contributed by atoms with Crippen LogP contribution in [0.2, 0.25) is 0 Å². The van der Waals surface area contributed by atoms with Crippen molar-refractivity contribution in [2.75, 3.05) is 11.8 Å². The first-order valence-corrected chi connectivity index (χ1v) is 10.2. The zero-order chi connectivity index (χ0) is 20.2. The van der Waals surface area contributed by atoms with E-state index in [1.54, 1.807) is 37.3 Å². The molecule has 0 unspecified atom stereocenters. The quantitative estimate of drug-likeness (QED) is 0.755. The third-order valence-electron chi connectivity index (χ3n) is 4.45. The van der Waals surface area contributed by atoms with Gasteiger partial charge in [0.15, 0.2) is 0 Å². The fourth-order valence-electron chi connectivity index (χ4n) is 2.30. The van der Waals surface area contributed by atoms with Gasteiger partial charge in [0.05, 0.1) is 17.7 Å². The molecule has 0 aromatic heterocycles. The van der Waals surface area contributed by atoms with Crippen LogP contribution in [0.25, 0.3) is 0 Å². The molecule has 0 aliphatic heterocycles. The molecule has 0 bridgehead atoms. The van der Waals surface area contributed by atoms with E-state index in [-0.39, 0.29) is 16.3 Å². The van der Waals surface area contributed by atoms with Crippen LogP contribution in [0.5, 0.6) is 5.75 Å². The molecule has 0 saturated heterocycles. The Morgan fingerprint density at radius 3 is 2.30 bits per heavy atom. The molecule has 0 radical (unpaired) electrons. The normalized spacial score (nSPS) is 11.7. The van der Waals surface area contributed by atoms with E-state index in [9.17, 15) is 13.2 Å². The van der Waals surface area contributed by atoms with Crippen LogP contribution in [-0.4, -0.2) is 27.0 Å². The van der Waals surface area contributed by atoms with Crippen LogP contribution in [-0.2, 0) is 10.0 Å². The number of hydrogen-bond acceptors (Lipinski definition) is 4. The van der Waals surface area contributed by atoms with E-state index in [1.165, 1.54) is 19.2 Å². The SMILES string of the molecule is CCC(C)(C)NC(=O)c1ccc(C)c(NS(=O)(=O)c2ccc(OC)cc2)c1. The van der Waals surface area contributed by atoms with E-state index < -0.39 is 10.0 Å². The zero-order valence-electron chi connectivity index (χ0n) is 16.3. The number of ether oxygens (including phenoxy) is 1. The summed E-state index contributed by atoms with van der Waals surface area (Å²) in [5.74, 6) is 0.328. The standard InChI is InChI=1S/C20H26N2O4S/c1-6-20(3,4)21-19(23)15-8-7-14(2)18(13-15)22-27(24,25)17-11-9-16(26-5)10-12-17/h7-13,22H,6H2,1-5H3,(H,21,23). The minimum atomic E-state index is -3.78. The van der Waals surface area contributed by atoms with Crippen molar-refractivity contribution in [1.29, 1.82) is 0 Å². The highest BCUT2D eigenvalue weighted by atomic mass is 32.2. The number of amides is 1. The Labute approximate surface area is 161 Å². The largest absolute Gasteiger partial charge is 0.497 e. The minimum absolute atomic E-state index is 0.115. The summed E-state index contributed by atoms with van der Waals surface area (Å²) in [5, 5.41) is 2.95. The van der Waals surface area contributed by atoms with Crippen LogP contribution in [0.4, 0.5) is 5.69 Å². The minimum Gasteiger partial charge on any atom is -0.497 e. The molecule has 0 atom stereocenters. The van der Waals surface area contributed by atoms with Gasteiger partial charge in [0.1, 0.15) is 5.75 Å². The Morgan fingerprint density at radius 2 is 1.74 bits per heavy atom. The van der Waals surface area contributed by atoms with Crippen molar-refractivity contribution in [3.05, 3.63) is 53.6 Å². The summed E-state index contributed by atoms with van der Waals surface area (Å²) in [6.45, 7) is 7.64. The second kappa shape index (κ2) is 8.00. The molecule has 2 aromatic carbocycles. The molecule has 2 rings (SSSR count). The monoisotopic (exact) mass is 390 g/mol. The summed E-state index contributed by atoms with van der Waals surface area (Å²) in [7, 11) is -2.26. The molecule has 0 aliphatic carbocycles. The number of sulfonamides is 1. The van der Waals surface area contributed by atoms with Gasteiger partial charge in [0.2, 0.25) is 0 Å². The average Bonchev–Trinajstić information content (AvgIpc) is 2.63. The summed E-state index contributed by atoms with van der Waals surface area (Å²) in [6.07, 6.45) is 0.779. The summed E-state index contributed by atoms with van der Waals surface area (Å²) in [5.41, 5.74) is 1.14. The predicted molar refractivity (Wildman–Crippen MR) is 107 cm³/mol. The fourth-order valence-corrected chi connectivity index (χ4v) is 3.42. The molecule has 27 heavy (non-hydrogen) atoms. The number of anilines is 1. The highest BCUT2D eigenvalue weighted by molar-refractivity contribution is 7.92. The van der Waals surface area contributed by atoms with Crippen molar-refractivity contribution in [3.8, 4) is 5.75 Å². The van der Waals surface area contributed by atoms with E-state index in [4.69, 9.17) is 4.74 Å². The predicted octanol–water partition coefficient (Wildman–Crippen LogP) is 3.72. The average molecular weight is 391 g/mol. The van der Waals surface area contributed by atoms with E-state index in [1.807, 2.05) is 20.8 Å². The van der Waals surface area contributed by atoms with Crippen molar-refractivity contribution in [2.45, 2.75) is 44.6 Å². The third kappa shape index (κ3) is 5.23. The fraction of sp³-hybridized carbons (Fsp3) is 0.350. The molecule has 6 nitrogen and oxygen atoms in total. The second-order valence-electron chi connectivity index (χ2n) is 7.00. The van der Waals surface area contributed by atoms with E-state index in [0.717, 1.165) is 12.0 Å². The molecule has 0 aliphatic rings. The van der Waals surface area contributed by atoms with Gasteiger partial charge in [-0.3, -0.25) is 9.52 Å². The molecule has 0 saturated carbocycles. The van der Waals surface area contributed by atoms with Crippen molar-refractivity contribution in [1.82, 2.24) is 5.32 Å². The van der Waals surface area contributed by atoms with E-state index in [2.05, 4.69) is 10.0 Å². The van der Waals surface area contributed by atoms with Gasteiger partial charge in [-0.25, -0.2) is 8.42 Å². The number of nitrogens with one attached hydrogen (secondary N) is 2. The summed E-state index contributed by atoms with van der Waals surface area (Å²) >= 11 is 0. The van der Waals surface area contributed by atoms with Crippen LogP contribution >= 0.6 is 0 Å². The van der Waals surface area contributed by atoms with Gasteiger partial charge >= 0.3 is 0 Å². The first-order valence-electron chi connectivity index (χ1n) is 8.68. The van der Waals surface area contributed by atoms with Gasteiger partial charge in [-0.05, 0) is 69.2 Å². The lowest BCUT2D eigenvalue weighted by Crippen LogP contribution is -2.42. The molecule has 7 heteroatoms. The first-order chi connectivity index (χ1) is 12.6. The molecule has 146 valence electrons. The number of methoxy groups -OCH3 is 1. The maximum atomic E-state index is 12.7. The summed E-state index contributed by atoms with van der Waals surface area (Å²) in [6, 6.07) is 11.1. The number of benzene rings is 2. The Bertz CT molecular complexity index is 919. The number of carbonyl (C=O) groups excluding carboxylic acids is 1. The molecular formula is C20H26N2O4S. The molecule has 2 N–H and O–H groups in total. The molecule has 0 spiro atoms. The van der Waals surface area contributed by atoms with Crippen LogP contribution in [0.3, 0.4) is 0 Å².